The van der Waals surface area contributed by atoms with E-state index in [1.165, 1.54) is 5.56 Å². The SMILES string of the molecule is Nc1c(Cl)cccc1C(=O)N1CCCC1c1ccsc1. The Morgan fingerprint density at radius 2 is 2.25 bits per heavy atom. The van der Waals surface area contributed by atoms with Gasteiger partial charge in [-0.3, -0.25) is 4.79 Å². The molecule has 1 aliphatic heterocycles. The number of halogens is 1. The van der Waals surface area contributed by atoms with Crippen LogP contribution in [0.3, 0.4) is 0 Å². The zero-order valence-corrected chi connectivity index (χ0v) is 12.5. The number of nitrogens with two attached hydrogens (primary N) is 1. The van der Waals surface area contributed by atoms with Gasteiger partial charge in [0.05, 0.1) is 22.3 Å². The Balaban J connectivity index is 1.92. The first-order valence-corrected chi connectivity index (χ1v) is 7.87. The number of anilines is 1. The molecule has 104 valence electrons. The van der Waals surface area contributed by atoms with Crippen LogP contribution in [0.5, 0.6) is 0 Å². The van der Waals surface area contributed by atoms with Gasteiger partial charge in [-0.1, -0.05) is 17.7 Å². The Hall–Kier alpha value is -1.52. The van der Waals surface area contributed by atoms with Gasteiger partial charge in [-0.25, -0.2) is 0 Å². The third kappa shape index (κ3) is 2.30. The fraction of sp³-hybridized carbons (Fsp3) is 0.267. The van der Waals surface area contributed by atoms with Crippen LogP contribution >= 0.6 is 22.9 Å². The molecular weight excluding hydrogens is 292 g/mol. The van der Waals surface area contributed by atoms with Crippen LogP contribution in [0.15, 0.2) is 35.0 Å². The van der Waals surface area contributed by atoms with Crippen molar-refractivity contribution < 1.29 is 4.79 Å². The van der Waals surface area contributed by atoms with Gasteiger partial charge >= 0.3 is 0 Å². The van der Waals surface area contributed by atoms with Gasteiger partial charge in [-0.2, -0.15) is 11.3 Å². The van der Waals surface area contributed by atoms with Gasteiger partial charge in [0.25, 0.3) is 5.91 Å². The first-order valence-electron chi connectivity index (χ1n) is 6.55. The molecule has 5 heteroatoms. The van der Waals surface area contributed by atoms with E-state index in [-0.39, 0.29) is 11.9 Å². The summed E-state index contributed by atoms with van der Waals surface area (Å²) in [4.78, 5) is 14.6. The van der Waals surface area contributed by atoms with Crippen molar-refractivity contribution in [3.05, 3.63) is 51.2 Å². The quantitative estimate of drug-likeness (QED) is 0.854. The summed E-state index contributed by atoms with van der Waals surface area (Å²) < 4.78 is 0. The van der Waals surface area contributed by atoms with Crippen LogP contribution in [-0.4, -0.2) is 17.4 Å². The summed E-state index contributed by atoms with van der Waals surface area (Å²) in [7, 11) is 0. The Morgan fingerprint density at radius 1 is 1.40 bits per heavy atom. The van der Waals surface area contributed by atoms with E-state index in [0.717, 1.165) is 19.4 Å². The first-order chi connectivity index (χ1) is 9.68. The van der Waals surface area contributed by atoms with E-state index in [4.69, 9.17) is 17.3 Å². The number of rotatable bonds is 2. The number of benzene rings is 1. The zero-order chi connectivity index (χ0) is 14.1. The lowest BCUT2D eigenvalue weighted by atomic mass is 10.1. The van der Waals surface area contributed by atoms with Crippen LogP contribution in [0.2, 0.25) is 5.02 Å². The highest BCUT2D eigenvalue weighted by molar-refractivity contribution is 7.08. The standard InChI is InChI=1S/C15H15ClN2OS/c16-12-4-1-3-11(14(12)17)15(19)18-7-2-5-13(18)10-6-8-20-9-10/h1,3-4,6,8-9,13H,2,5,7,17H2. The minimum atomic E-state index is -0.0290. The zero-order valence-electron chi connectivity index (χ0n) is 10.9. The molecule has 2 heterocycles. The van der Waals surface area contributed by atoms with Crippen molar-refractivity contribution in [2.24, 2.45) is 0 Å². The molecule has 1 atom stereocenters. The number of amides is 1. The summed E-state index contributed by atoms with van der Waals surface area (Å²) in [6, 6.07) is 7.46. The van der Waals surface area contributed by atoms with Gasteiger partial charge in [0, 0.05) is 6.54 Å². The number of hydrogen-bond acceptors (Lipinski definition) is 3. The molecule has 1 aromatic heterocycles. The second kappa shape index (κ2) is 5.46. The molecule has 3 nitrogen and oxygen atoms in total. The van der Waals surface area contributed by atoms with Gasteiger partial charge in [0.1, 0.15) is 0 Å². The lowest BCUT2D eigenvalue weighted by Gasteiger charge is -2.25. The summed E-state index contributed by atoms with van der Waals surface area (Å²) in [6.07, 6.45) is 2.02. The summed E-state index contributed by atoms with van der Waals surface area (Å²) in [5, 5.41) is 4.59. The molecule has 0 bridgehead atoms. The van der Waals surface area contributed by atoms with Crippen molar-refractivity contribution in [3.8, 4) is 0 Å². The van der Waals surface area contributed by atoms with Crippen molar-refractivity contribution in [1.82, 2.24) is 4.90 Å². The second-order valence-electron chi connectivity index (χ2n) is 4.91. The third-order valence-corrected chi connectivity index (χ3v) is 4.76. The number of thiophene rings is 1. The third-order valence-electron chi connectivity index (χ3n) is 3.72. The molecule has 1 unspecified atom stereocenters. The summed E-state index contributed by atoms with van der Waals surface area (Å²) in [5.74, 6) is -0.0290. The molecule has 0 spiro atoms. The van der Waals surface area contributed by atoms with Crippen LogP contribution in [-0.2, 0) is 0 Å². The molecule has 1 amide bonds. The van der Waals surface area contributed by atoms with E-state index in [2.05, 4.69) is 11.4 Å². The van der Waals surface area contributed by atoms with Gasteiger partial charge in [0.2, 0.25) is 0 Å². The lowest BCUT2D eigenvalue weighted by molar-refractivity contribution is 0.0737. The molecule has 3 rings (SSSR count). The highest BCUT2D eigenvalue weighted by Crippen LogP contribution is 2.35. The predicted molar refractivity (Wildman–Crippen MR) is 83.2 cm³/mol. The fourth-order valence-corrected chi connectivity index (χ4v) is 3.58. The summed E-state index contributed by atoms with van der Waals surface area (Å²) in [6.45, 7) is 0.769. The minimum absolute atomic E-state index is 0.0290. The van der Waals surface area contributed by atoms with Gasteiger partial charge in [-0.15, -0.1) is 0 Å². The number of hydrogen-bond donors (Lipinski definition) is 1. The number of nitrogens with zero attached hydrogens (tertiary/aromatic N) is 1. The maximum Gasteiger partial charge on any atom is 0.256 e. The Bertz CT molecular complexity index is 627. The van der Waals surface area contributed by atoms with Gasteiger partial charge in [-0.05, 0) is 47.4 Å². The van der Waals surface area contributed by atoms with Crippen molar-refractivity contribution >= 4 is 34.5 Å². The molecule has 0 aliphatic carbocycles. The van der Waals surface area contributed by atoms with Gasteiger partial charge in [0.15, 0.2) is 0 Å². The van der Waals surface area contributed by atoms with Crippen molar-refractivity contribution in [1.29, 1.82) is 0 Å². The van der Waals surface area contributed by atoms with Crippen molar-refractivity contribution in [3.63, 3.8) is 0 Å². The summed E-state index contributed by atoms with van der Waals surface area (Å²) >= 11 is 7.66. The molecule has 20 heavy (non-hydrogen) atoms. The molecule has 1 fully saturated rings. The van der Waals surface area contributed by atoms with E-state index in [1.54, 1.807) is 29.5 Å². The molecule has 0 radical (unpaired) electrons. The lowest BCUT2D eigenvalue weighted by Crippen LogP contribution is -2.31. The van der Waals surface area contributed by atoms with Crippen molar-refractivity contribution in [2.45, 2.75) is 18.9 Å². The molecule has 0 saturated carbocycles. The topological polar surface area (TPSA) is 46.3 Å². The number of nitrogen functional groups attached to an aromatic ring is 1. The first kappa shape index (κ1) is 13.5. The molecule has 1 aromatic carbocycles. The monoisotopic (exact) mass is 306 g/mol. The normalized spacial score (nSPS) is 18.4. The fourth-order valence-electron chi connectivity index (χ4n) is 2.70. The maximum absolute atomic E-state index is 12.7. The highest BCUT2D eigenvalue weighted by Gasteiger charge is 2.31. The van der Waals surface area contributed by atoms with Crippen LogP contribution in [0.4, 0.5) is 5.69 Å². The van der Waals surface area contributed by atoms with Crippen molar-refractivity contribution in [2.75, 3.05) is 12.3 Å². The second-order valence-corrected chi connectivity index (χ2v) is 6.10. The summed E-state index contributed by atoms with van der Waals surface area (Å²) in [5.41, 5.74) is 8.02. The molecule has 2 N–H and O–H groups in total. The maximum atomic E-state index is 12.7. The molecular formula is C15H15ClN2OS. The number of carbonyl (C=O) groups excluding carboxylic acids is 1. The van der Waals surface area contributed by atoms with Crippen LogP contribution in [0.25, 0.3) is 0 Å². The number of likely N-dealkylation sites (tertiary alicyclic amines) is 1. The minimum Gasteiger partial charge on any atom is -0.397 e. The number of para-hydroxylation sites is 1. The average molecular weight is 307 g/mol. The molecule has 1 saturated heterocycles. The largest absolute Gasteiger partial charge is 0.397 e. The van der Waals surface area contributed by atoms with Crippen LogP contribution in [0.1, 0.15) is 34.8 Å². The van der Waals surface area contributed by atoms with E-state index in [0.29, 0.717) is 16.3 Å². The van der Waals surface area contributed by atoms with E-state index in [9.17, 15) is 4.79 Å². The Morgan fingerprint density at radius 3 is 3.00 bits per heavy atom. The van der Waals surface area contributed by atoms with E-state index >= 15 is 0 Å². The molecule has 2 aromatic rings. The molecule has 1 aliphatic rings. The van der Waals surface area contributed by atoms with Crippen LogP contribution in [0, 0.1) is 0 Å². The van der Waals surface area contributed by atoms with E-state index < -0.39 is 0 Å². The average Bonchev–Trinajstić information content (AvgIpc) is 3.10. The number of carbonyl (C=O) groups is 1. The highest BCUT2D eigenvalue weighted by atomic mass is 35.5. The van der Waals surface area contributed by atoms with Crippen LogP contribution < -0.4 is 5.73 Å². The Labute approximate surface area is 127 Å². The predicted octanol–water partition coefficient (Wildman–Crippen LogP) is 3.96. The van der Waals surface area contributed by atoms with Gasteiger partial charge < -0.3 is 10.6 Å². The van der Waals surface area contributed by atoms with E-state index in [1.807, 2.05) is 10.3 Å². The smallest absolute Gasteiger partial charge is 0.256 e. The Kier molecular flexibility index (Phi) is 3.68.